The van der Waals surface area contributed by atoms with E-state index in [0.29, 0.717) is 18.1 Å². The number of hydrogen-bond donors (Lipinski definition) is 0. The van der Waals surface area contributed by atoms with Crippen molar-refractivity contribution in [1.29, 1.82) is 0 Å². The van der Waals surface area contributed by atoms with E-state index in [2.05, 4.69) is 59.4 Å². The minimum absolute atomic E-state index is 0.225. The van der Waals surface area contributed by atoms with Gasteiger partial charge in [0.15, 0.2) is 17.2 Å². The molecule has 0 atom stereocenters. The number of ether oxygens (including phenoxy) is 3. The molecule has 0 unspecified atom stereocenters. The van der Waals surface area contributed by atoms with Crippen molar-refractivity contribution in [3.05, 3.63) is 95.6 Å². The van der Waals surface area contributed by atoms with E-state index in [0.717, 1.165) is 29.2 Å². The van der Waals surface area contributed by atoms with E-state index in [-0.39, 0.29) is 11.6 Å². The third-order valence-electron chi connectivity index (χ3n) is 4.60. The minimum atomic E-state index is -0.494. The second-order valence-corrected chi connectivity index (χ2v) is 9.69. The lowest BCUT2D eigenvalue weighted by atomic mass is 10.1. The number of carbonyl (C=O) groups is 1. The van der Waals surface area contributed by atoms with Crippen LogP contribution in [-0.2, 0) is 16.1 Å². The Hall–Kier alpha value is -2.17. The minimum Gasteiger partial charge on any atom is -0.493 e. The summed E-state index contributed by atoms with van der Waals surface area (Å²) in [5, 5.41) is 0. The van der Waals surface area contributed by atoms with Crippen molar-refractivity contribution in [3.8, 4) is 11.5 Å². The average Bonchev–Trinajstić information content (AvgIpc) is 3.14. The highest BCUT2D eigenvalue weighted by Crippen LogP contribution is 2.36. The number of carbonyl (C=O) groups excluding carboxylic acids is 1. The van der Waals surface area contributed by atoms with Crippen LogP contribution in [0.1, 0.15) is 16.7 Å². The van der Waals surface area contributed by atoms with Crippen molar-refractivity contribution in [2.45, 2.75) is 6.61 Å². The van der Waals surface area contributed by atoms with Gasteiger partial charge in [-0.1, -0.05) is 50.1 Å². The molecule has 0 saturated heterocycles. The topological polar surface area (TPSA) is 57.1 Å². The van der Waals surface area contributed by atoms with Crippen LogP contribution in [0, 0.1) is 3.57 Å². The predicted octanol–water partition coefficient (Wildman–Crippen LogP) is 6.75. The Labute approximate surface area is 215 Å². The summed E-state index contributed by atoms with van der Waals surface area (Å²) in [5.41, 5.74) is 2.74. The van der Waals surface area contributed by atoms with Gasteiger partial charge in [0, 0.05) is 20.1 Å². The summed E-state index contributed by atoms with van der Waals surface area (Å²) in [5.74, 6) is 0.994. The van der Waals surface area contributed by atoms with Crippen molar-refractivity contribution < 1.29 is 19.0 Å². The van der Waals surface area contributed by atoms with Gasteiger partial charge < -0.3 is 14.2 Å². The highest BCUT2D eigenvalue weighted by atomic mass is 127. The molecular formula is C24H16Br2INO4. The van der Waals surface area contributed by atoms with Crippen LogP contribution in [0.15, 0.2) is 80.3 Å². The van der Waals surface area contributed by atoms with E-state index in [4.69, 9.17) is 14.2 Å². The molecule has 0 aliphatic carbocycles. The molecule has 0 aromatic heterocycles. The quantitative estimate of drug-likeness (QED) is 0.166. The lowest BCUT2D eigenvalue weighted by Crippen LogP contribution is -2.05. The van der Waals surface area contributed by atoms with Crippen LogP contribution in [0.3, 0.4) is 0 Å². The Morgan fingerprint density at radius 1 is 1.09 bits per heavy atom. The average molecular weight is 669 g/mol. The number of aliphatic imine (C=N–C) groups is 1. The number of esters is 1. The zero-order valence-corrected chi connectivity index (χ0v) is 22.1. The van der Waals surface area contributed by atoms with Gasteiger partial charge >= 0.3 is 5.97 Å². The summed E-state index contributed by atoms with van der Waals surface area (Å²) in [4.78, 5) is 16.7. The van der Waals surface area contributed by atoms with Gasteiger partial charge in [-0.05, 0) is 76.7 Å². The van der Waals surface area contributed by atoms with E-state index in [1.165, 1.54) is 0 Å². The monoisotopic (exact) mass is 667 g/mol. The Bertz CT molecular complexity index is 1240. The van der Waals surface area contributed by atoms with Crippen molar-refractivity contribution >= 4 is 72.4 Å². The van der Waals surface area contributed by atoms with Gasteiger partial charge in [0.2, 0.25) is 5.90 Å². The number of methoxy groups -OCH3 is 1. The zero-order chi connectivity index (χ0) is 22.7. The molecule has 0 N–H and O–H groups in total. The molecule has 3 aromatic carbocycles. The van der Waals surface area contributed by atoms with Crippen LogP contribution in [0.2, 0.25) is 0 Å². The van der Waals surface area contributed by atoms with E-state index >= 15 is 0 Å². The third-order valence-corrected chi connectivity index (χ3v) is 6.70. The Kier molecular flexibility index (Phi) is 7.32. The molecular weight excluding hydrogens is 653 g/mol. The predicted molar refractivity (Wildman–Crippen MR) is 139 cm³/mol. The maximum Gasteiger partial charge on any atom is 0.363 e. The fourth-order valence-corrected chi connectivity index (χ4v) is 4.46. The molecule has 0 spiro atoms. The van der Waals surface area contributed by atoms with E-state index in [9.17, 15) is 4.79 Å². The van der Waals surface area contributed by atoms with Crippen LogP contribution in [0.25, 0.3) is 6.08 Å². The van der Waals surface area contributed by atoms with Gasteiger partial charge in [-0.25, -0.2) is 9.79 Å². The van der Waals surface area contributed by atoms with Gasteiger partial charge in [-0.15, -0.1) is 0 Å². The first kappa shape index (κ1) is 23.0. The Morgan fingerprint density at radius 2 is 1.84 bits per heavy atom. The molecule has 0 bridgehead atoms. The number of benzene rings is 3. The van der Waals surface area contributed by atoms with Gasteiger partial charge in [0.25, 0.3) is 0 Å². The van der Waals surface area contributed by atoms with Crippen molar-refractivity contribution in [1.82, 2.24) is 0 Å². The number of nitrogens with zero attached hydrogens (tertiary/aromatic N) is 1. The summed E-state index contributed by atoms with van der Waals surface area (Å²) in [6.07, 6.45) is 1.68. The highest BCUT2D eigenvalue weighted by molar-refractivity contribution is 14.1. The van der Waals surface area contributed by atoms with Crippen LogP contribution in [0.4, 0.5) is 0 Å². The molecule has 0 saturated carbocycles. The van der Waals surface area contributed by atoms with Crippen molar-refractivity contribution in [3.63, 3.8) is 0 Å². The molecule has 1 aliphatic rings. The molecule has 5 nitrogen and oxygen atoms in total. The molecule has 0 amide bonds. The lowest BCUT2D eigenvalue weighted by molar-refractivity contribution is -0.129. The number of cyclic esters (lactones) is 1. The van der Waals surface area contributed by atoms with Crippen LogP contribution >= 0.6 is 54.5 Å². The standard InChI is InChI=1S/C24H16Br2INO4/c1-30-21-12-14(10-19(27)22(21)31-13-16-4-2-3-5-18(16)26)11-20-24(29)32-23(28-20)15-6-8-17(25)9-7-15/h2-12H,13H2,1H3/b20-11-. The molecule has 162 valence electrons. The van der Waals surface area contributed by atoms with Gasteiger partial charge in [0.1, 0.15) is 6.61 Å². The third kappa shape index (κ3) is 5.24. The van der Waals surface area contributed by atoms with Crippen LogP contribution in [-0.4, -0.2) is 19.0 Å². The Balaban J connectivity index is 1.59. The molecule has 1 heterocycles. The summed E-state index contributed by atoms with van der Waals surface area (Å²) >= 11 is 9.12. The van der Waals surface area contributed by atoms with Gasteiger partial charge in [-0.2, -0.15) is 0 Å². The zero-order valence-electron chi connectivity index (χ0n) is 16.8. The molecule has 4 rings (SSSR count). The summed E-state index contributed by atoms with van der Waals surface area (Å²) in [6.45, 7) is 0.390. The van der Waals surface area contributed by atoms with E-state index < -0.39 is 5.97 Å². The normalized spacial score (nSPS) is 14.3. The first-order valence-electron chi connectivity index (χ1n) is 9.47. The van der Waals surface area contributed by atoms with E-state index in [1.807, 2.05) is 60.7 Å². The second kappa shape index (κ2) is 10.2. The number of hydrogen-bond acceptors (Lipinski definition) is 5. The Morgan fingerprint density at radius 3 is 2.56 bits per heavy atom. The molecule has 32 heavy (non-hydrogen) atoms. The molecule has 1 aliphatic heterocycles. The molecule has 3 aromatic rings. The number of halogens is 3. The molecule has 8 heteroatoms. The smallest absolute Gasteiger partial charge is 0.363 e. The molecule has 0 fully saturated rings. The van der Waals surface area contributed by atoms with Crippen molar-refractivity contribution in [2.75, 3.05) is 7.11 Å². The lowest BCUT2D eigenvalue weighted by Gasteiger charge is -2.14. The van der Waals surface area contributed by atoms with Crippen LogP contribution < -0.4 is 9.47 Å². The second-order valence-electron chi connectivity index (χ2n) is 6.76. The maximum absolute atomic E-state index is 12.4. The highest BCUT2D eigenvalue weighted by Gasteiger charge is 2.24. The fraction of sp³-hybridized carbons (Fsp3) is 0.0833. The molecule has 0 radical (unpaired) electrons. The van der Waals surface area contributed by atoms with Gasteiger partial charge in [-0.3, -0.25) is 0 Å². The maximum atomic E-state index is 12.4. The first-order valence-corrected chi connectivity index (χ1v) is 12.1. The SMILES string of the molecule is COc1cc(/C=C2\N=C(c3ccc(Br)cc3)OC2=O)cc(I)c1OCc1ccccc1Br. The summed E-state index contributed by atoms with van der Waals surface area (Å²) in [7, 11) is 1.58. The fourth-order valence-electron chi connectivity index (χ4n) is 3.01. The summed E-state index contributed by atoms with van der Waals surface area (Å²) < 4.78 is 19.7. The van der Waals surface area contributed by atoms with Crippen LogP contribution in [0.5, 0.6) is 11.5 Å². The van der Waals surface area contributed by atoms with Gasteiger partial charge in [0.05, 0.1) is 10.7 Å². The summed E-state index contributed by atoms with van der Waals surface area (Å²) in [6, 6.07) is 19.0. The van der Waals surface area contributed by atoms with Crippen molar-refractivity contribution in [2.24, 2.45) is 4.99 Å². The van der Waals surface area contributed by atoms with E-state index in [1.54, 1.807) is 13.2 Å². The first-order chi connectivity index (χ1) is 15.4. The largest absolute Gasteiger partial charge is 0.493 e. The number of rotatable bonds is 6.